The smallest absolute Gasteiger partial charge is 0.308 e. The molecular weight excluding hydrogens is 278 g/mol. The molecule has 0 radical (unpaired) electrons. The molecule has 0 aliphatic carbocycles. The van der Waals surface area contributed by atoms with Crippen molar-refractivity contribution in [1.82, 2.24) is 5.32 Å². The molecule has 2 aromatic carbocycles. The Kier molecular flexibility index (Phi) is 5.15. The Morgan fingerprint density at radius 3 is 2.45 bits per heavy atom. The minimum Gasteiger partial charge on any atom is -0.481 e. The molecule has 0 aromatic heterocycles. The van der Waals surface area contributed by atoms with Crippen molar-refractivity contribution in [3.8, 4) is 0 Å². The van der Waals surface area contributed by atoms with Gasteiger partial charge in [-0.3, -0.25) is 9.59 Å². The minimum absolute atomic E-state index is 0.148. The number of hydrogen-bond donors (Lipinski definition) is 2. The number of amides is 1. The van der Waals surface area contributed by atoms with E-state index in [-0.39, 0.29) is 18.4 Å². The molecule has 0 bridgehead atoms. The van der Waals surface area contributed by atoms with E-state index in [4.69, 9.17) is 0 Å². The van der Waals surface area contributed by atoms with Gasteiger partial charge in [0, 0.05) is 12.1 Å². The molecule has 0 fully saturated rings. The van der Waals surface area contributed by atoms with Crippen molar-refractivity contribution in [2.24, 2.45) is 11.8 Å². The zero-order chi connectivity index (χ0) is 16.1. The maximum Gasteiger partial charge on any atom is 0.308 e. The van der Waals surface area contributed by atoms with Crippen LogP contribution in [-0.4, -0.2) is 23.5 Å². The van der Waals surface area contributed by atoms with Gasteiger partial charge in [-0.25, -0.2) is 0 Å². The quantitative estimate of drug-likeness (QED) is 0.860. The molecule has 22 heavy (non-hydrogen) atoms. The molecule has 0 saturated heterocycles. The standard InChI is InChI=1S/C18H21NO3/c1-12(2)10-14(18(21)22)11-19-17(20)16-9-5-7-13-6-3-4-8-15(13)16/h3-9,12,14H,10-11H2,1-2H3,(H,19,20)(H,21,22). The second kappa shape index (κ2) is 7.07. The van der Waals surface area contributed by atoms with Crippen molar-refractivity contribution >= 4 is 22.6 Å². The van der Waals surface area contributed by atoms with Crippen LogP contribution in [0.4, 0.5) is 0 Å². The van der Waals surface area contributed by atoms with E-state index in [0.29, 0.717) is 12.0 Å². The fourth-order valence-corrected chi connectivity index (χ4v) is 2.58. The Labute approximate surface area is 130 Å². The van der Waals surface area contributed by atoms with Gasteiger partial charge in [-0.15, -0.1) is 0 Å². The van der Waals surface area contributed by atoms with E-state index < -0.39 is 11.9 Å². The van der Waals surface area contributed by atoms with Gasteiger partial charge in [-0.1, -0.05) is 50.2 Å². The highest BCUT2D eigenvalue weighted by Crippen LogP contribution is 2.18. The highest BCUT2D eigenvalue weighted by molar-refractivity contribution is 6.07. The molecule has 0 heterocycles. The van der Waals surface area contributed by atoms with Gasteiger partial charge in [0.15, 0.2) is 0 Å². The van der Waals surface area contributed by atoms with E-state index in [0.717, 1.165) is 10.8 Å². The van der Waals surface area contributed by atoms with Gasteiger partial charge < -0.3 is 10.4 Å². The number of fused-ring (bicyclic) bond motifs is 1. The average Bonchev–Trinajstić information content (AvgIpc) is 2.50. The topological polar surface area (TPSA) is 66.4 Å². The van der Waals surface area contributed by atoms with Gasteiger partial charge in [0.05, 0.1) is 5.92 Å². The number of benzene rings is 2. The van der Waals surface area contributed by atoms with E-state index in [1.807, 2.05) is 50.2 Å². The van der Waals surface area contributed by atoms with E-state index in [1.54, 1.807) is 6.07 Å². The third kappa shape index (κ3) is 3.85. The molecule has 0 aliphatic heterocycles. The fourth-order valence-electron chi connectivity index (χ4n) is 2.58. The number of aliphatic carboxylic acids is 1. The van der Waals surface area contributed by atoms with Crippen LogP contribution in [0.25, 0.3) is 10.8 Å². The van der Waals surface area contributed by atoms with Crippen LogP contribution in [-0.2, 0) is 4.79 Å². The summed E-state index contributed by atoms with van der Waals surface area (Å²) in [6, 6.07) is 13.2. The van der Waals surface area contributed by atoms with Crippen LogP contribution in [0, 0.1) is 11.8 Å². The number of carboxylic acid groups (broad SMARTS) is 1. The first-order chi connectivity index (χ1) is 10.5. The first-order valence-electron chi connectivity index (χ1n) is 7.47. The van der Waals surface area contributed by atoms with Crippen LogP contribution >= 0.6 is 0 Å². The normalized spacial score (nSPS) is 12.3. The van der Waals surface area contributed by atoms with Crippen molar-refractivity contribution in [3.05, 3.63) is 48.0 Å². The van der Waals surface area contributed by atoms with Crippen LogP contribution in [0.2, 0.25) is 0 Å². The average molecular weight is 299 g/mol. The van der Waals surface area contributed by atoms with Gasteiger partial charge in [0.2, 0.25) is 0 Å². The van der Waals surface area contributed by atoms with Crippen LogP contribution < -0.4 is 5.32 Å². The van der Waals surface area contributed by atoms with Gasteiger partial charge in [-0.2, -0.15) is 0 Å². The minimum atomic E-state index is -0.869. The lowest BCUT2D eigenvalue weighted by Gasteiger charge is -2.16. The van der Waals surface area contributed by atoms with Crippen LogP contribution in [0.1, 0.15) is 30.6 Å². The number of carbonyl (C=O) groups is 2. The largest absolute Gasteiger partial charge is 0.481 e. The lowest BCUT2D eigenvalue weighted by molar-refractivity contribution is -0.142. The Balaban J connectivity index is 2.12. The van der Waals surface area contributed by atoms with Crippen molar-refractivity contribution in [2.45, 2.75) is 20.3 Å². The molecule has 4 nitrogen and oxygen atoms in total. The van der Waals surface area contributed by atoms with Crippen LogP contribution in [0.5, 0.6) is 0 Å². The highest BCUT2D eigenvalue weighted by Gasteiger charge is 2.20. The van der Waals surface area contributed by atoms with Crippen molar-refractivity contribution in [2.75, 3.05) is 6.54 Å². The third-order valence-electron chi connectivity index (χ3n) is 3.65. The monoisotopic (exact) mass is 299 g/mol. The second-order valence-electron chi connectivity index (χ2n) is 5.90. The zero-order valence-electron chi connectivity index (χ0n) is 12.9. The lowest BCUT2D eigenvalue weighted by atomic mass is 9.97. The fraction of sp³-hybridized carbons (Fsp3) is 0.333. The summed E-state index contributed by atoms with van der Waals surface area (Å²) in [6.07, 6.45) is 0.547. The van der Waals surface area contributed by atoms with E-state index in [2.05, 4.69) is 5.32 Å². The predicted molar refractivity (Wildman–Crippen MR) is 86.9 cm³/mol. The molecule has 2 aromatic rings. The molecule has 116 valence electrons. The van der Waals surface area contributed by atoms with Crippen LogP contribution in [0.15, 0.2) is 42.5 Å². The van der Waals surface area contributed by atoms with E-state index in [9.17, 15) is 14.7 Å². The predicted octanol–water partition coefficient (Wildman–Crippen LogP) is 3.32. The molecular formula is C18H21NO3. The molecule has 1 amide bonds. The van der Waals surface area contributed by atoms with Gasteiger partial charge in [-0.05, 0) is 29.2 Å². The number of hydrogen-bond acceptors (Lipinski definition) is 2. The first-order valence-corrected chi connectivity index (χ1v) is 7.47. The molecule has 2 N–H and O–H groups in total. The molecule has 2 rings (SSSR count). The first kappa shape index (κ1) is 16.0. The molecule has 1 atom stereocenters. The SMILES string of the molecule is CC(C)CC(CNC(=O)c1cccc2ccccc12)C(=O)O. The summed E-state index contributed by atoms with van der Waals surface area (Å²) in [6.45, 7) is 4.10. The van der Waals surface area contributed by atoms with Crippen molar-refractivity contribution in [1.29, 1.82) is 0 Å². The maximum absolute atomic E-state index is 12.4. The molecule has 0 saturated carbocycles. The Morgan fingerprint density at radius 2 is 1.77 bits per heavy atom. The zero-order valence-corrected chi connectivity index (χ0v) is 12.9. The second-order valence-corrected chi connectivity index (χ2v) is 5.90. The van der Waals surface area contributed by atoms with Gasteiger partial charge in [0.25, 0.3) is 5.91 Å². The highest BCUT2D eigenvalue weighted by atomic mass is 16.4. The van der Waals surface area contributed by atoms with Gasteiger partial charge in [0.1, 0.15) is 0 Å². The van der Waals surface area contributed by atoms with E-state index >= 15 is 0 Å². The molecule has 0 aliphatic rings. The molecule has 4 heteroatoms. The summed E-state index contributed by atoms with van der Waals surface area (Å²) >= 11 is 0. The Morgan fingerprint density at radius 1 is 1.09 bits per heavy atom. The number of nitrogens with one attached hydrogen (secondary N) is 1. The van der Waals surface area contributed by atoms with E-state index in [1.165, 1.54) is 0 Å². The van der Waals surface area contributed by atoms with Crippen molar-refractivity contribution in [3.63, 3.8) is 0 Å². The summed E-state index contributed by atoms with van der Waals surface area (Å²) in [5.74, 6) is -1.38. The number of rotatable bonds is 6. The third-order valence-corrected chi connectivity index (χ3v) is 3.65. The Hall–Kier alpha value is -2.36. The summed E-state index contributed by atoms with van der Waals surface area (Å²) in [5.41, 5.74) is 0.576. The lowest BCUT2D eigenvalue weighted by Crippen LogP contribution is -2.33. The van der Waals surface area contributed by atoms with Crippen LogP contribution in [0.3, 0.4) is 0 Å². The number of carbonyl (C=O) groups excluding carboxylic acids is 1. The van der Waals surface area contributed by atoms with Crippen molar-refractivity contribution < 1.29 is 14.7 Å². The molecule has 0 spiro atoms. The summed E-state index contributed by atoms with van der Waals surface area (Å²) < 4.78 is 0. The molecule has 1 unspecified atom stereocenters. The Bertz CT molecular complexity index is 674. The summed E-state index contributed by atoms with van der Waals surface area (Å²) in [5, 5.41) is 13.9. The maximum atomic E-state index is 12.4. The summed E-state index contributed by atoms with van der Waals surface area (Å²) in [4.78, 5) is 23.6. The number of carboxylic acids is 1. The van der Waals surface area contributed by atoms with Gasteiger partial charge >= 0.3 is 5.97 Å². The summed E-state index contributed by atoms with van der Waals surface area (Å²) in [7, 11) is 0.